The Bertz CT molecular complexity index is 598. The molecule has 0 radical (unpaired) electrons. The van der Waals surface area contributed by atoms with Crippen LogP contribution < -0.4 is 10.0 Å². The Morgan fingerprint density at radius 3 is 2.62 bits per heavy atom. The van der Waals surface area contributed by atoms with Crippen LogP contribution in [0.15, 0.2) is 23.1 Å². The highest BCUT2D eigenvalue weighted by Gasteiger charge is 2.33. The van der Waals surface area contributed by atoms with Crippen LogP contribution in [0, 0.1) is 5.82 Å². The second-order valence-electron chi connectivity index (χ2n) is 5.56. The Hall–Kier alpha value is -1.02. The van der Waals surface area contributed by atoms with E-state index in [1.54, 1.807) is 7.05 Å². The maximum atomic E-state index is 13.5. The molecule has 21 heavy (non-hydrogen) atoms. The highest BCUT2D eigenvalue weighted by molar-refractivity contribution is 7.89. The van der Waals surface area contributed by atoms with E-state index in [9.17, 15) is 12.8 Å². The summed E-state index contributed by atoms with van der Waals surface area (Å²) in [6.45, 7) is 3.25. The molecule has 7 heteroatoms. The topological polar surface area (TPSA) is 67.4 Å². The van der Waals surface area contributed by atoms with Crippen molar-refractivity contribution in [1.29, 1.82) is 0 Å². The van der Waals surface area contributed by atoms with E-state index in [-0.39, 0.29) is 4.90 Å². The van der Waals surface area contributed by atoms with E-state index in [0.29, 0.717) is 38.2 Å². The molecule has 0 aromatic heterocycles. The summed E-state index contributed by atoms with van der Waals surface area (Å²) < 4.78 is 46.6. The van der Waals surface area contributed by atoms with Gasteiger partial charge in [0.1, 0.15) is 5.82 Å². The second kappa shape index (κ2) is 6.39. The lowest BCUT2D eigenvalue weighted by atomic mass is 9.94. The number of halogens is 1. The number of ether oxygens (including phenoxy) is 1. The number of benzene rings is 1. The first-order valence-corrected chi connectivity index (χ1v) is 8.39. The number of sulfonamides is 1. The lowest BCUT2D eigenvalue weighted by molar-refractivity contribution is 0.0537. The Kier molecular flexibility index (Phi) is 4.98. The SMILES string of the molecule is CNCc1ccc(F)cc1S(=O)(=O)NC1(C)CCOCC1. The maximum Gasteiger partial charge on any atom is 0.241 e. The molecule has 0 amide bonds. The van der Waals surface area contributed by atoms with Crippen LogP contribution in [-0.2, 0) is 21.3 Å². The van der Waals surface area contributed by atoms with Crippen LogP contribution >= 0.6 is 0 Å². The van der Waals surface area contributed by atoms with Crippen LogP contribution in [0.4, 0.5) is 4.39 Å². The van der Waals surface area contributed by atoms with Gasteiger partial charge in [0.25, 0.3) is 0 Å². The molecule has 1 fully saturated rings. The molecule has 5 nitrogen and oxygen atoms in total. The zero-order valence-electron chi connectivity index (χ0n) is 12.3. The van der Waals surface area contributed by atoms with E-state index in [2.05, 4.69) is 10.0 Å². The molecular weight excluding hydrogens is 295 g/mol. The minimum absolute atomic E-state index is 0.00966. The van der Waals surface area contributed by atoms with Gasteiger partial charge in [0, 0.05) is 25.3 Å². The molecule has 0 atom stereocenters. The van der Waals surface area contributed by atoms with E-state index in [0.717, 1.165) is 6.07 Å². The summed E-state index contributed by atoms with van der Waals surface area (Å²) in [6.07, 6.45) is 1.20. The molecule has 1 aromatic rings. The van der Waals surface area contributed by atoms with Crippen molar-refractivity contribution in [3.05, 3.63) is 29.6 Å². The molecule has 1 aliphatic rings. The Labute approximate surface area is 124 Å². The first kappa shape index (κ1) is 16.4. The Morgan fingerprint density at radius 1 is 1.33 bits per heavy atom. The molecule has 2 rings (SSSR count). The van der Waals surface area contributed by atoms with Gasteiger partial charge in [-0.25, -0.2) is 17.5 Å². The van der Waals surface area contributed by atoms with E-state index < -0.39 is 21.4 Å². The van der Waals surface area contributed by atoms with Crippen LogP contribution in [0.2, 0.25) is 0 Å². The molecule has 1 saturated heterocycles. The van der Waals surface area contributed by atoms with E-state index in [4.69, 9.17) is 4.74 Å². The third-order valence-electron chi connectivity index (χ3n) is 3.66. The summed E-state index contributed by atoms with van der Waals surface area (Å²) in [5.74, 6) is -0.563. The molecule has 0 bridgehead atoms. The van der Waals surface area contributed by atoms with E-state index in [1.807, 2.05) is 6.92 Å². The van der Waals surface area contributed by atoms with Gasteiger partial charge in [0.15, 0.2) is 0 Å². The summed E-state index contributed by atoms with van der Waals surface area (Å²) in [4.78, 5) is -0.00966. The summed E-state index contributed by atoms with van der Waals surface area (Å²) in [5.41, 5.74) is -0.0117. The van der Waals surface area contributed by atoms with Gasteiger partial charge in [0.2, 0.25) is 10.0 Å². The molecule has 1 heterocycles. The van der Waals surface area contributed by atoms with Gasteiger partial charge in [-0.3, -0.25) is 0 Å². The molecule has 118 valence electrons. The molecular formula is C14H21FN2O3S. The van der Waals surface area contributed by atoms with Gasteiger partial charge < -0.3 is 10.1 Å². The number of hydrogen-bond donors (Lipinski definition) is 2. The zero-order valence-corrected chi connectivity index (χ0v) is 13.1. The molecule has 1 aliphatic heterocycles. The van der Waals surface area contributed by atoms with Gasteiger partial charge >= 0.3 is 0 Å². The minimum atomic E-state index is -3.78. The van der Waals surface area contributed by atoms with Crippen LogP contribution in [0.25, 0.3) is 0 Å². The smallest absolute Gasteiger partial charge is 0.241 e. The molecule has 2 N–H and O–H groups in total. The minimum Gasteiger partial charge on any atom is -0.381 e. The van der Waals surface area contributed by atoms with Gasteiger partial charge in [-0.05, 0) is 44.5 Å². The van der Waals surface area contributed by atoms with Gasteiger partial charge in [-0.15, -0.1) is 0 Å². The van der Waals surface area contributed by atoms with Gasteiger partial charge in [-0.1, -0.05) is 6.07 Å². The first-order valence-electron chi connectivity index (χ1n) is 6.91. The van der Waals surface area contributed by atoms with Crippen LogP contribution in [0.5, 0.6) is 0 Å². The average molecular weight is 316 g/mol. The molecule has 0 unspecified atom stereocenters. The predicted octanol–water partition coefficient (Wildman–Crippen LogP) is 1.39. The second-order valence-corrected chi connectivity index (χ2v) is 7.21. The van der Waals surface area contributed by atoms with Crippen molar-refractivity contribution in [2.24, 2.45) is 0 Å². The van der Waals surface area contributed by atoms with Crippen molar-refractivity contribution < 1.29 is 17.5 Å². The Balaban J connectivity index is 2.32. The molecule has 0 saturated carbocycles. The van der Waals surface area contributed by atoms with E-state index in [1.165, 1.54) is 12.1 Å². The lowest BCUT2D eigenvalue weighted by Gasteiger charge is -2.34. The van der Waals surface area contributed by atoms with Gasteiger partial charge in [-0.2, -0.15) is 0 Å². The fourth-order valence-electron chi connectivity index (χ4n) is 2.42. The number of hydrogen-bond acceptors (Lipinski definition) is 4. The summed E-state index contributed by atoms with van der Waals surface area (Å²) in [7, 11) is -2.06. The normalized spacial score (nSPS) is 18.6. The highest BCUT2D eigenvalue weighted by atomic mass is 32.2. The number of rotatable bonds is 5. The summed E-state index contributed by atoms with van der Waals surface area (Å²) in [6, 6.07) is 3.83. The van der Waals surface area contributed by atoms with Crippen molar-refractivity contribution in [1.82, 2.24) is 10.0 Å². The van der Waals surface area contributed by atoms with Crippen molar-refractivity contribution in [2.45, 2.75) is 36.7 Å². The Morgan fingerprint density at radius 2 is 2.00 bits per heavy atom. The zero-order chi connectivity index (χ0) is 15.5. The fourth-order valence-corrected chi connectivity index (χ4v) is 4.13. The monoisotopic (exact) mass is 316 g/mol. The third-order valence-corrected chi connectivity index (χ3v) is 5.38. The largest absolute Gasteiger partial charge is 0.381 e. The van der Waals surface area contributed by atoms with Crippen molar-refractivity contribution in [2.75, 3.05) is 20.3 Å². The van der Waals surface area contributed by atoms with Crippen molar-refractivity contribution >= 4 is 10.0 Å². The quantitative estimate of drug-likeness (QED) is 0.861. The van der Waals surface area contributed by atoms with Crippen LogP contribution in [-0.4, -0.2) is 34.2 Å². The van der Waals surface area contributed by atoms with Crippen molar-refractivity contribution in [3.63, 3.8) is 0 Å². The molecule has 0 aliphatic carbocycles. The summed E-state index contributed by atoms with van der Waals surface area (Å²) in [5, 5.41) is 2.89. The van der Waals surface area contributed by atoms with Crippen molar-refractivity contribution in [3.8, 4) is 0 Å². The lowest BCUT2D eigenvalue weighted by Crippen LogP contribution is -2.49. The summed E-state index contributed by atoms with van der Waals surface area (Å²) >= 11 is 0. The third kappa shape index (κ3) is 4.00. The van der Waals surface area contributed by atoms with Crippen LogP contribution in [0.1, 0.15) is 25.3 Å². The van der Waals surface area contributed by atoms with Gasteiger partial charge in [0.05, 0.1) is 4.90 Å². The first-order chi connectivity index (χ1) is 9.86. The maximum absolute atomic E-state index is 13.5. The standard InChI is InChI=1S/C14H21FN2O3S/c1-14(5-7-20-8-6-14)17-21(18,19)13-9-12(15)4-3-11(13)10-16-2/h3-4,9,16-17H,5-8,10H2,1-2H3. The number of nitrogens with one attached hydrogen (secondary N) is 2. The van der Waals surface area contributed by atoms with Crippen LogP contribution in [0.3, 0.4) is 0 Å². The highest BCUT2D eigenvalue weighted by Crippen LogP contribution is 2.25. The molecule has 0 spiro atoms. The average Bonchev–Trinajstić information content (AvgIpc) is 2.40. The molecule has 1 aromatic carbocycles. The fraction of sp³-hybridized carbons (Fsp3) is 0.571. The van der Waals surface area contributed by atoms with E-state index >= 15 is 0 Å². The predicted molar refractivity (Wildman–Crippen MR) is 77.9 cm³/mol.